The number of carbonyl (C=O) groups is 1. The summed E-state index contributed by atoms with van der Waals surface area (Å²) in [5.74, 6) is -0.0188. The Hall–Kier alpha value is -2.41. The van der Waals surface area contributed by atoms with Crippen molar-refractivity contribution in [1.82, 2.24) is 5.32 Å². The first-order chi connectivity index (χ1) is 10.6. The van der Waals surface area contributed by atoms with Gasteiger partial charge in [-0.1, -0.05) is 24.3 Å². The Morgan fingerprint density at radius 2 is 2.14 bits per heavy atom. The van der Waals surface area contributed by atoms with Crippen LogP contribution in [0.15, 0.2) is 36.4 Å². The molecule has 0 saturated heterocycles. The molecule has 22 heavy (non-hydrogen) atoms. The van der Waals surface area contributed by atoms with E-state index in [2.05, 4.69) is 10.6 Å². The van der Waals surface area contributed by atoms with Crippen LogP contribution in [0.25, 0.3) is 0 Å². The maximum absolute atomic E-state index is 11.8. The van der Waals surface area contributed by atoms with E-state index in [4.69, 9.17) is 5.11 Å². The fraction of sp³-hybridized carbons (Fsp3) is 0.400. The van der Waals surface area contributed by atoms with Crippen molar-refractivity contribution in [2.75, 3.05) is 18.5 Å². The number of nitrogens with one attached hydrogen (secondary N) is 2. The molecule has 1 aliphatic rings. The first-order valence-corrected chi connectivity index (χ1v) is 7.16. The van der Waals surface area contributed by atoms with Crippen LogP contribution >= 0.6 is 0 Å². The van der Waals surface area contributed by atoms with Gasteiger partial charge in [-0.05, 0) is 12.5 Å². The van der Waals surface area contributed by atoms with Crippen molar-refractivity contribution in [2.24, 2.45) is 5.92 Å². The normalized spacial score (nSPS) is 19.9. The summed E-state index contributed by atoms with van der Waals surface area (Å²) in [6.45, 7) is 0.401. The monoisotopic (exact) mass is 305 g/mol. The van der Waals surface area contributed by atoms with Gasteiger partial charge in [0.1, 0.15) is 5.69 Å². The Balaban J connectivity index is 1.76. The van der Waals surface area contributed by atoms with Crippen molar-refractivity contribution < 1.29 is 14.8 Å². The van der Waals surface area contributed by atoms with Gasteiger partial charge in [-0.25, -0.2) is 0 Å². The van der Waals surface area contributed by atoms with Crippen molar-refractivity contribution in [3.63, 3.8) is 0 Å². The maximum atomic E-state index is 11.8. The fourth-order valence-corrected chi connectivity index (χ4v) is 2.39. The summed E-state index contributed by atoms with van der Waals surface area (Å²) in [6, 6.07) is 6.28. The molecule has 0 spiro atoms. The van der Waals surface area contributed by atoms with Crippen LogP contribution in [0.3, 0.4) is 0 Å². The molecule has 0 saturated carbocycles. The van der Waals surface area contributed by atoms with Crippen LogP contribution in [-0.4, -0.2) is 35.1 Å². The Bertz CT molecular complexity index is 574. The molecular formula is C15H19N3O4. The minimum absolute atomic E-state index is 0.00702. The second-order valence-corrected chi connectivity index (χ2v) is 5.19. The van der Waals surface area contributed by atoms with Crippen molar-refractivity contribution in [1.29, 1.82) is 0 Å². The Morgan fingerprint density at radius 3 is 2.82 bits per heavy atom. The predicted octanol–water partition coefficient (Wildman–Crippen LogP) is 1.45. The van der Waals surface area contributed by atoms with Gasteiger partial charge < -0.3 is 15.7 Å². The molecule has 0 aliphatic heterocycles. The van der Waals surface area contributed by atoms with Gasteiger partial charge >= 0.3 is 0 Å². The molecule has 1 aromatic rings. The van der Waals surface area contributed by atoms with Crippen molar-refractivity contribution in [3.05, 3.63) is 46.5 Å². The number of aliphatic hydroxyl groups is 1. The van der Waals surface area contributed by atoms with E-state index in [0.29, 0.717) is 18.7 Å². The lowest BCUT2D eigenvalue weighted by Crippen LogP contribution is -2.33. The third-order valence-electron chi connectivity index (χ3n) is 3.52. The predicted molar refractivity (Wildman–Crippen MR) is 82.5 cm³/mol. The number of benzene rings is 1. The third-order valence-corrected chi connectivity index (χ3v) is 3.52. The van der Waals surface area contributed by atoms with Gasteiger partial charge in [0.2, 0.25) is 5.91 Å². The summed E-state index contributed by atoms with van der Waals surface area (Å²) in [5, 5.41) is 25.7. The number of amides is 1. The fourth-order valence-electron chi connectivity index (χ4n) is 2.39. The van der Waals surface area contributed by atoms with Crippen LogP contribution in [0.5, 0.6) is 0 Å². The van der Waals surface area contributed by atoms with Gasteiger partial charge in [0.25, 0.3) is 5.69 Å². The Kier molecular flexibility index (Phi) is 5.48. The number of para-hydroxylation sites is 2. The van der Waals surface area contributed by atoms with Crippen LogP contribution in [-0.2, 0) is 4.79 Å². The van der Waals surface area contributed by atoms with E-state index in [1.165, 1.54) is 6.07 Å². The Labute approximate surface area is 128 Å². The highest BCUT2D eigenvalue weighted by Gasteiger charge is 2.19. The number of nitro groups is 1. The third kappa shape index (κ3) is 4.29. The van der Waals surface area contributed by atoms with E-state index in [9.17, 15) is 14.9 Å². The van der Waals surface area contributed by atoms with Gasteiger partial charge in [-0.2, -0.15) is 0 Å². The van der Waals surface area contributed by atoms with Gasteiger partial charge in [0.05, 0.1) is 4.92 Å². The van der Waals surface area contributed by atoms with Crippen molar-refractivity contribution in [2.45, 2.75) is 18.9 Å². The lowest BCUT2D eigenvalue weighted by molar-refractivity contribution is -0.384. The smallest absolute Gasteiger partial charge is 0.292 e. The number of rotatable bonds is 7. The number of aliphatic hydroxyl groups excluding tert-OH is 1. The summed E-state index contributed by atoms with van der Waals surface area (Å²) in [4.78, 5) is 22.2. The SMILES string of the molecule is O=C(CCNc1ccccc1[N+](=O)[O-])N[C@@H]1C=C[C@H](CO)C1. The van der Waals surface area contributed by atoms with E-state index >= 15 is 0 Å². The van der Waals surface area contributed by atoms with Crippen molar-refractivity contribution >= 4 is 17.3 Å². The van der Waals surface area contributed by atoms with E-state index in [-0.39, 0.29) is 36.6 Å². The minimum Gasteiger partial charge on any atom is -0.396 e. The molecule has 7 heteroatoms. The number of nitrogens with zero attached hydrogens (tertiary/aromatic N) is 1. The highest BCUT2D eigenvalue weighted by atomic mass is 16.6. The maximum Gasteiger partial charge on any atom is 0.292 e. The second kappa shape index (κ2) is 7.56. The first kappa shape index (κ1) is 16.0. The van der Waals surface area contributed by atoms with Crippen LogP contribution in [0.1, 0.15) is 12.8 Å². The number of nitro benzene ring substituents is 1. The standard InChI is InChI=1S/C15H19N3O4/c19-10-11-5-6-12(9-11)17-15(20)7-8-16-13-3-1-2-4-14(13)18(21)22/h1-6,11-12,16,19H,7-10H2,(H,17,20)/t11-,12+/m0/s1. The molecule has 7 nitrogen and oxygen atoms in total. The van der Waals surface area contributed by atoms with Crippen LogP contribution < -0.4 is 10.6 Å². The zero-order valence-corrected chi connectivity index (χ0v) is 12.1. The lowest BCUT2D eigenvalue weighted by atomic mass is 10.1. The molecule has 0 heterocycles. The highest BCUT2D eigenvalue weighted by Crippen LogP contribution is 2.23. The zero-order chi connectivity index (χ0) is 15.9. The van der Waals surface area contributed by atoms with Crippen LogP contribution in [0, 0.1) is 16.0 Å². The molecule has 3 N–H and O–H groups in total. The number of hydrogen-bond acceptors (Lipinski definition) is 5. The zero-order valence-electron chi connectivity index (χ0n) is 12.1. The largest absolute Gasteiger partial charge is 0.396 e. The summed E-state index contributed by atoms with van der Waals surface area (Å²) >= 11 is 0. The molecule has 1 aliphatic carbocycles. The van der Waals surface area contributed by atoms with E-state index in [0.717, 1.165) is 0 Å². The molecule has 0 fully saturated rings. The van der Waals surface area contributed by atoms with E-state index in [1.54, 1.807) is 18.2 Å². The molecule has 118 valence electrons. The number of hydrogen-bond donors (Lipinski definition) is 3. The van der Waals surface area contributed by atoms with E-state index < -0.39 is 4.92 Å². The molecule has 0 bridgehead atoms. The van der Waals surface area contributed by atoms with Gasteiger partial charge in [-0.3, -0.25) is 14.9 Å². The quantitative estimate of drug-likeness (QED) is 0.402. The summed E-state index contributed by atoms with van der Waals surface area (Å²) < 4.78 is 0. The van der Waals surface area contributed by atoms with E-state index in [1.807, 2.05) is 12.2 Å². The second-order valence-electron chi connectivity index (χ2n) is 5.19. The molecule has 1 amide bonds. The van der Waals surface area contributed by atoms with Crippen LogP contribution in [0.4, 0.5) is 11.4 Å². The van der Waals surface area contributed by atoms with Gasteiger partial charge in [-0.15, -0.1) is 0 Å². The molecule has 2 rings (SSSR count). The summed E-state index contributed by atoms with van der Waals surface area (Å²) in [5.41, 5.74) is 0.397. The molecule has 0 radical (unpaired) electrons. The van der Waals surface area contributed by atoms with Crippen molar-refractivity contribution in [3.8, 4) is 0 Å². The number of anilines is 1. The van der Waals surface area contributed by atoms with Crippen LogP contribution in [0.2, 0.25) is 0 Å². The molecule has 0 unspecified atom stereocenters. The summed E-state index contributed by atoms with van der Waals surface area (Å²) in [6.07, 6.45) is 4.71. The summed E-state index contributed by atoms with van der Waals surface area (Å²) in [7, 11) is 0. The van der Waals surface area contributed by atoms with Gasteiger partial charge in [0.15, 0.2) is 0 Å². The lowest BCUT2D eigenvalue weighted by Gasteiger charge is -2.13. The molecule has 1 aromatic carbocycles. The minimum atomic E-state index is -0.458. The average Bonchev–Trinajstić information content (AvgIpc) is 2.95. The topological polar surface area (TPSA) is 104 Å². The molecule has 2 atom stereocenters. The average molecular weight is 305 g/mol. The molecule has 0 aromatic heterocycles. The highest BCUT2D eigenvalue weighted by molar-refractivity contribution is 5.77. The van der Waals surface area contributed by atoms with Gasteiger partial charge in [0, 0.05) is 37.6 Å². The molecular weight excluding hydrogens is 286 g/mol. The number of carbonyl (C=O) groups excluding carboxylic acids is 1. The Morgan fingerprint density at radius 1 is 1.36 bits per heavy atom. The first-order valence-electron chi connectivity index (χ1n) is 7.16.